The van der Waals surface area contributed by atoms with Crippen molar-refractivity contribution in [2.45, 2.75) is 6.54 Å². The highest BCUT2D eigenvalue weighted by Crippen LogP contribution is 2.35. The molecule has 0 atom stereocenters. The average molecular weight is 368 g/mol. The summed E-state index contributed by atoms with van der Waals surface area (Å²) in [5.74, 6) is 0.605. The first-order valence-corrected chi connectivity index (χ1v) is 7.48. The van der Waals surface area contributed by atoms with Crippen molar-refractivity contribution in [3.8, 4) is 5.75 Å². The largest absolute Gasteiger partial charge is 0.482 e. The normalized spacial score (nSPS) is 13.8. The quantitative estimate of drug-likeness (QED) is 0.825. The van der Waals surface area contributed by atoms with E-state index < -0.39 is 0 Å². The molecule has 1 aliphatic rings. The Morgan fingerprint density at radius 2 is 2.10 bits per heavy atom. The Morgan fingerprint density at radius 1 is 1.29 bits per heavy atom. The van der Waals surface area contributed by atoms with Crippen LogP contribution < -0.4 is 15.4 Å². The van der Waals surface area contributed by atoms with Gasteiger partial charge in [0.05, 0.1) is 22.9 Å². The van der Waals surface area contributed by atoms with Crippen molar-refractivity contribution in [3.05, 3.63) is 51.5 Å². The average Bonchev–Trinajstić information content (AvgIpc) is 2.46. The molecule has 0 saturated carbocycles. The molecule has 0 fully saturated rings. The van der Waals surface area contributed by atoms with E-state index in [0.717, 1.165) is 15.7 Å². The minimum absolute atomic E-state index is 0.0394. The van der Waals surface area contributed by atoms with E-state index in [1.807, 2.05) is 24.3 Å². The maximum atomic E-state index is 12.2. The zero-order valence-corrected chi connectivity index (χ0v) is 13.3. The van der Waals surface area contributed by atoms with Crippen molar-refractivity contribution in [1.82, 2.24) is 0 Å². The van der Waals surface area contributed by atoms with E-state index in [9.17, 15) is 4.79 Å². The molecule has 0 spiro atoms. The lowest BCUT2D eigenvalue weighted by atomic mass is 10.1. The number of anilines is 2. The van der Waals surface area contributed by atoms with Crippen LogP contribution in [-0.2, 0) is 11.3 Å². The van der Waals surface area contributed by atoms with Gasteiger partial charge >= 0.3 is 0 Å². The van der Waals surface area contributed by atoms with Crippen molar-refractivity contribution < 1.29 is 9.53 Å². The van der Waals surface area contributed by atoms with E-state index >= 15 is 0 Å². The van der Waals surface area contributed by atoms with E-state index in [1.54, 1.807) is 17.0 Å². The van der Waals surface area contributed by atoms with Crippen molar-refractivity contribution >= 4 is 44.8 Å². The molecule has 1 aliphatic heterocycles. The van der Waals surface area contributed by atoms with Gasteiger partial charge in [-0.3, -0.25) is 4.79 Å². The van der Waals surface area contributed by atoms with Crippen LogP contribution in [0.1, 0.15) is 5.56 Å². The second kappa shape index (κ2) is 5.58. The van der Waals surface area contributed by atoms with Gasteiger partial charge in [-0.1, -0.05) is 33.6 Å². The molecule has 0 bridgehead atoms. The fraction of sp³-hybridized carbons (Fsp3) is 0.133. The van der Waals surface area contributed by atoms with Crippen LogP contribution in [0.15, 0.2) is 40.9 Å². The summed E-state index contributed by atoms with van der Waals surface area (Å²) in [4.78, 5) is 13.8. The molecular formula is C15H12BrClN2O2. The molecular weight excluding hydrogens is 356 g/mol. The SMILES string of the molecule is Nc1cc(CN2C(=O)COc3ccc(Br)cc32)ccc1Cl. The number of benzene rings is 2. The second-order valence-electron chi connectivity index (χ2n) is 4.74. The maximum absolute atomic E-state index is 12.2. The first-order valence-electron chi connectivity index (χ1n) is 6.31. The standard InChI is InChI=1S/C15H12BrClN2O2/c16-10-2-4-14-13(6-10)19(15(20)8-21-14)7-9-1-3-11(17)12(18)5-9/h1-6H,7-8,18H2. The number of halogens is 2. The van der Waals surface area contributed by atoms with E-state index in [1.165, 1.54) is 0 Å². The van der Waals surface area contributed by atoms with Crippen molar-refractivity contribution in [2.24, 2.45) is 0 Å². The third-order valence-electron chi connectivity index (χ3n) is 3.27. The maximum Gasteiger partial charge on any atom is 0.265 e. The molecule has 0 aromatic heterocycles. The summed E-state index contributed by atoms with van der Waals surface area (Å²) in [5.41, 5.74) is 7.98. The number of nitrogens with zero attached hydrogens (tertiary/aromatic N) is 1. The van der Waals surface area contributed by atoms with Gasteiger partial charge in [0, 0.05) is 4.47 Å². The Balaban J connectivity index is 1.96. The summed E-state index contributed by atoms with van der Waals surface area (Å²) in [6.45, 7) is 0.463. The molecule has 2 N–H and O–H groups in total. The first kappa shape index (κ1) is 14.2. The van der Waals surface area contributed by atoms with E-state index in [2.05, 4.69) is 15.9 Å². The molecule has 0 saturated heterocycles. The Labute approximate surface area is 135 Å². The summed E-state index contributed by atoms with van der Waals surface area (Å²) in [6, 6.07) is 11.0. The molecule has 1 heterocycles. The molecule has 3 rings (SSSR count). The smallest absolute Gasteiger partial charge is 0.265 e. The zero-order chi connectivity index (χ0) is 15.0. The first-order chi connectivity index (χ1) is 10.0. The summed E-state index contributed by atoms with van der Waals surface area (Å²) in [6.07, 6.45) is 0. The minimum Gasteiger partial charge on any atom is -0.482 e. The lowest BCUT2D eigenvalue weighted by Gasteiger charge is -2.29. The summed E-state index contributed by atoms with van der Waals surface area (Å²) < 4.78 is 6.33. The van der Waals surface area contributed by atoms with E-state index in [4.69, 9.17) is 22.1 Å². The molecule has 21 heavy (non-hydrogen) atoms. The highest BCUT2D eigenvalue weighted by Gasteiger charge is 2.25. The summed E-state index contributed by atoms with van der Waals surface area (Å²) in [7, 11) is 0. The van der Waals surface area contributed by atoms with Gasteiger partial charge in [0.15, 0.2) is 6.61 Å². The molecule has 0 unspecified atom stereocenters. The number of carbonyl (C=O) groups is 1. The van der Waals surface area contributed by atoms with Crippen LogP contribution in [0.5, 0.6) is 5.75 Å². The number of ether oxygens (including phenoxy) is 1. The van der Waals surface area contributed by atoms with Gasteiger partial charge < -0.3 is 15.4 Å². The number of carbonyl (C=O) groups excluding carboxylic acids is 1. The van der Waals surface area contributed by atoms with Crippen LogP contribution in [-0.4, -0.2) is 12.5 Å². The minimum atomic E-state index is -0.0888. The number of nitrogen functional groups attached to an aromatic ring is 1. The van der Waals surface area contributed by atoms with Crippen LogP contribution >= 0.6 is 27.5 Å². The lowest BCUT2D eigenvalue weighted by molar-refractivity contribution is -0.121. The van der Waals surface area contributed by atoms with Gasteiger partial charge in [-0.25, -0.2) is 0 Å². The predicted octanol–water partition coefficient (Wildman–Crippen LogP) is 3.61. The fourth-order valence-corrected chi connectivity index (χ4v) is 2.69. The van der Waals surface area contributed by atoms with Crippen LogP contribution in [0.2, 0.25) is 5.02 Å². The lowest BCUT2D eigenvalue weighted by Crippen LogP contribution is -2.38. The molecule has 0 radical (unpaired) electrons. The number of nitrogens with two attached hydrogens (primary N) is 1. The van der Waals surface area contributed by atoms with Crippen molar-refractivity contribution in [3.63, 3.8) is 0 Å². The number of fused-ring (bicyclic) bond motifs is 1. The molecule has 4 nitrogen and oxygen atoms in total. The molecule has 2 aromatic carbocycles. The molecule has 0 aliphatic carbocycles. The predicted molar refractivity (Wildman–Crippen MR) is 86.7 cm³/mol. The van der Waals surface area contributed by atoms with Crippen molar-refractivity contribution in [2.75, 3.05) is 17.2 Å². The van der Waals surface area contributed by atoms with Gasteiger partial charge in [0.25, 0.3) is 5.91 Å². The van der Waals surface area contributed by atoms with Crippen LogP contribution in [0.25, 0.3) is 0 Å². The summed E-state index contributed by atoms with van der Waals surface area (Å²) in [5, 5.41) is 0.509. The molecule has 6 heteroatoms. The number of rotatable bonds is 2. The fourth-order valence-electron chi connectivity index (χ4n) is 2.22. The Morgan fingerprint density at radius 3 is 2.86 bits per heavy atom. The van der Waals surface area contributed by atoms with Crippen LogP contribution in [0.3, 0.4) is 0 Å². The van der Waals surface area contributed by atoms with Crippen LogP contribution in [0, 0.1) is 0 Å². The van der Waals surface area contributed by atoms with E-state index in [0.29, 0.717) is 23.0 Å². The van der Waals surface area contributed by atoms with Gasteiger partial charge in [0.1, 0.15) is 5.75 Å². The third kappa shape index (κ3) is 2.84. The van der Waals surface area contributed by atoms with Gasteiger partial charge in [-0.15, -0.1) is 0 Å². The molecule has 108 valence electrons. The van der Waals surface area contributed by atoms with Crippen molar-refractivity contribution in [1.29, 1.82) is 0 Å². The highest BCUT2D eigenvalue weighted by atomic mass is 79.9. The second-order valence-corrected chi connectivity index (χ2v) is 6.06. The monoisotopic (exact) mass is 366 g/mol. The third-order valence-corrected chi connectivity index (χ3v) is 4.10. The highest BCUT2D eigenvalue weighted by molar-refractivity contribution is 9.10. The molecule has 2 aromatic rings. The number of hydrogen-bond acceptors (Lipinski definition) is 3. The van der Waals surface area contributed by atoms with Gasteiger partial charge in [0.2, 0.25) is 0 Å². The van der Waals surface area contributed by atoms with Gasteiger partial charge in [-0.2, -0.15) is 0 Å². The summed E-state index contributed by atoms with van der Waals surface area (Å²) >= 11 is 9.34. The molecule has 1 amide bonds. The van der Waals surface area contributed by atoms with Crippen LogP contribution in [0.4, 0.5) is 11.4 Å². The zero-order valence-electron chi connectivity index (χ0n) is 11.0. The topological polar surface area (TPSA) is 55.6 Å². The van der Waals surface area contributed by atoms with E-state index in [-0.39, 0.29) is 12.5 Å². The van der Waals surface area contributed by atoms with Gasteiger partial charge in [-0.05, 0) is 35.9 Å². The number of amides is 1. The Kier molecular flexibility index (Phi) is 3.78. The Hall–Kier alpha value is -1.72. The Bertz CT molecular complexity index is 721. The number of hydrogen-bond donors (Lipinski definition) is 1.